The van der Waals surface area contributed by atoms with Gasteiger partial charge in [-0.2, -0.15) is 0 Å². The molecule has 0 saturated carbocycles. The smallest absolute Gasteiger partial charge is 0.293 e. The maximum atomic E-state index is 11.8. The minimum absolute atomic E-state index is 0.291. The van der Waals surface area contributed by atoms with Crippen LogP contribution in [0.5, 0.6) is 0 Å². The minimum Gasteiger partial charge on any atom is -0.468 e. The molecule has 0 amide bonds. The number of aryl methyl sites for hydroxylation is 2. The van der Waals surface area contributed by atoms with Crippen LogP contribution in [0.2, 0.25) is 0 Å². The van der Waals surface area contributed by atoms with Crippen LogP contribution < -0.4 is 0 Å². The van der Waals surface area contributed by atoms with Crippen molar-refractivity contribution in [1.29, 1.82) is 0 Å². The number of benzene rings is 1. The standard InChI is InChI=1S/C12H11NO.C3H6O2/c1-8-2-3-9-4-6-13-7-5-10(14)11(8)12(9)13;1-2-5-3-4/h2-4,6H,5,7H2,1H3;3H,2H2,1H3. The number of carbonyl (C=O) groups is 2. The van der Waals surface area contributed by atoms with E-state index < -0.39 is 0 Å². The zero-order chi connectivity index (χ0) is 13.8. The lowest BCUT2D eigenvalue weighted by Gasteiger charge is -2.16. The van der Waals surface area contributed by atoms with Crippen molar-refractivity contribution in [2.24, 2.45) is 0 Å². The maximum absolute atomic E-state index is 11.8. The largest absolute Gasteiger partial charge is 0.468 e. The van der Waals surface area contributed by atoms with E-state index in [0.717, 1.165) is 23.2 Å². The van der Waals surface area contributed by atoms with Gasteiger partial charge in [-0.05, 0) is 25.5 Å². The molecule has 0 bridgehead atoms. The highest BCUT2D eigenvalue weighted by Crippen LogP contribution is 2.28. The molecule has 2 heterocycles. The average Bonchev–Trinajstić information content (AvgIpc) is 2.81. The van der Waals surface area contributed by atoms with Crippen molar-refractivity contribution in [3.8, 4) is 0 Å². The van der Waals surface area contributed by atoms with Crippen molar-refractivity contribution in [3.63, 3.8) is 0 Å². The molecule has 0 aliphatic carbocycles. The highest BCUT2D eigenvalue weighted by atomic mass is 16.5. The molecule has 0 saturated heterocycles. The Bertz CT molecular complexity index is 613. The van der Waals surface area contributed by atoms with Crippen LogP contribution in [0, 0.1) is 6.92 Å². The molecule has 4 nitrogen and oxygen atoms in total. The van der Waals surface area contributed by atoms with Crippen molar-refractivity contribution in [3.05, 3.63) is 35.5 Å². The lowest BCUT2D eigenvalue weighted by atomic mass is 9.97. The summed E-state index contributed by atoms with van der Waals surface area (Å²) >= 11 is 0. The lowest BCUT2D eigenvalue weighted by Crippen LogP contribution is -2.14. The van der Waals surface area contributed by atoms with Crippen LogP contribution >= 0.6 is 0 Å². The van der Waals surface area contributed by atoms with E-state index in [-0.39, 0.29) is 0 Å². The van der Waals surface area contributed by atoms with Crippen LogP contribution in [0.25, 0.3) is 10.9 Å². The quantitative estimate of drug-likeness (QED) is 0.779. The van der Waals surface area contributed by atoms with Crippen molar-refractivity contribution in [2.45, 2.75) is 26.8 Å². The molecule has 1 aliphatic heterocycles. The predicted octanol–water partition coefficient (Wildman–Crippen LogP) is 2.72. The number of ketones is 1. The van der Waals surface area contributed by atoms with Crippen molar-refractivity contribution < 1.29 is 14.3 Å². The maximum Gasteiger partial charge on any atom is 0.293 e. The summed E-state index contributed by atoms with van der Waals surface area (Å²) in [6, 6.07) is 6.20. The zero-order valence-corrected chi connectivity index (χ0v) is 11.2. The van der Waals surface area contributed by atoms with Gasteiger partial charge in [-0.1, -0.05) is 12.1 Å². The molecular formula is C15H17NO3. The van der Waals surface area contributed by atoms with Crippen LogP contribution in [0.3, 0.4) is 0 Å². The fourth-order valence-electron chi connectivity index (χ4n) is 2.35. The van der Waals surface area contributed by atoms with Crippen LogP contribution in [0.4, 0.5) is 0 Å². The van der Waals surface area contributed by atoms with E-state index in [1.165, 1.54) is 5.39 Å². The van der Waals surface area contributed by atoms with Crippen LogP contribution in [-0.4, -0.2) is 23.4 Å². The van der Waals surface area contributed by atoms with Crippen LogP contribution in [-0.2, 0) is 16.1 Å². The summed E-state index contributed by atoms with van der Waals surface area (Å²) in [5.41, 5.74) is 3.15. The third-order valence-corrected chi connectivity index (χ3v) is 3.23. The Balaban J connectivity index is 0.000000232. The summed E-state index contributed by atoms with van der Waals surface area (Å²) in [5, 5.41) is 1.18. The molecule has 1 aromatic carbocycles. The molecule has 100 valence electrons. The molecule has 0 spiro atoms. The van der Waals surface area contributed by atoms with Crippen molar-refractivity contribution >= 4 is 23.2 Å². The van der Waals surface area contributed by atoms with Gasteiger partial charge in [0.15, 0.2) is 5.78 Å². The monoisotopic (exact) mass is 259 g/mol. The number of hydrogen-bond acceptors (Lipinski definition) is 3. The third kappa shape index (κ3) is 2.52. The van der Waals surface area contributed by atoms with E-state index in [0.29, 0.717) is 25.3 Å². The Hall–Kier alpha value is -2.10. The van der Waals surface area contributed by atoms with E-state index in [1.807, 2.05) is 13.0 Å². The molecule has 4 heteroatoms. The van der Waals surface area contributed by atoms with Gasteiger partial charge in [0.2, 0.25) is 0 Å². The van der Waals surface area contributed by atoms with Gasteiger partial charge in [-0.3, -0.25) is 9.59 Å². The fraction of sp³-hybridized carbons (Fsp3) is 0.333. The first kappa shape index (κ1) is 13.3. The zero-order valence-electron chi connectivity index (χ0n) is 11.2. The highest BCUT2D eigenvalue weighted by Gasteiger charge is 2.20. The number of nitrogens with zero attached hydrogens (tertiary/aromatic N) is 1. The Morgan fingerprint density at radius 1 is 1.37 bits per heavy atom. The number of Topliss-reactive ketones (excluding diaryl/α,β-unsaturated/α-hetero) is 1. The molecule has 0 unspecified atom stereocenters. The van der Waals surface area contributed by atoms with E-state index >= 15 is 0 Å². The molecule has 0 fully saturated rings. The predicted molar refractivity (Wildman–Crippen MR) is 73.3 cm³/mol. The van der Waals surface area contributed by atoms with Gasteiger partial charge in [-0.15, -0.1) is 0 Å². The molecule has 2 aromatic rings. The molecule has 0 atom stereocenters. The number of hydrogen-bond donors (Lipinski definition) is 0. The van der Waals surface area contributed by atoms with Gasteiger partial charge in [0, 0.05) is 30.1 Å². The normalized spacial score (nSPS) is 12.8. The van der Waals surface area contributed by atoms with Crippen molar-refractivity contribution in [1.82, 2.24) is 4.57 Å². The molecule has 1 aliphatic rings. The second-order valence-corrected chi connectivity index (χ2v) is 4.43. The molecule has 3 rings (SSSR count). The average molecular weight is 259 g/mol. The van der Waals surface area contributed by atoms with Gasteiger partial charge < -0.3 is 9.30 Å². The Morgan fingerprint density at radius 2 is 2.16 bits per heavy atom. The second kappa shape index (κ2) is 5.69. The first-order chi connectivity index (χ1) is 9.19. The topological polar surface area (TPSA) is 48.3 Å². The van der Waals surface area contributed by atoms with E-state index in [4.69, 9.17) is 0 Å². The molecule has 0 radical (unpaired) electrons. The Morgan fingerprint density at radius 3 is 2.79 bits per heavy atom. The fourth-order valence-corrected chi connectivity index (χ4v) is 2.35. The number of rotatable bonds is 2. The van der Waals surface area contributed by atoms with Gasteiger partial charge >= 0.3 is 0 Å². The molecule has 19 heavy (non-hydrogen) atoms. The summed E-state index contributed by atoms with van der Waals surface area (Å²) in [6.45, 7) is 5.51. The van der Waals surface area contributed by atoms with Crippen LogP contribution in [0.15, 0.2) is 24.4 Å². The summed E-state index contributed by atoms with van der Waals surface area (Å²) in [5.74, 6) is 0.291. The molecule has 1 aromatic heterocycles. The first-order valence-corrected chi connectivity index (χ1v) is 6.36. The molecule has 0 N–H and O–H groups in total. The summed E-state index contributed by atoms with van der Waals surface area (Å²) in [7, 11) is 0. The van der Waals surface area contributed by atoms with Gasteiger partial charge in [-0.25, -0.2) is 0 Å². The van der Waals surface area contributed by atoms with Gasteiger partial charge in [0.05, 0.1) is 12.1 Å². The van der Waals surface area contributed by atoms with E-state index in [2.05, 4.69) is 27.6 Å². The number of carbonyl (C=O) groups excluding carboxylic acids is 2. The van der Waals surface area contributed by atoms with E-state index in [9.17, 15) is 9.59 Å². The van der Waals surface area contributed by atoms with Crippen LogP contribution in [0.1, 0.15) is 29.3 Å². The number of ether oxygens (including phenoxy) is 1. The van der Waals surface area contributed by atoms with Gasteiger partial charge in [0.1, 0.15) is 0 Å². The third-order valence-electron chi connectivity index (χ3n) is 3.23. The SMILES string of the molecule is CCOC=O.Cc1ccc2ccn3c2c1C(=O)CC3. The first-order valence-electron chi connectivity index (χ1n) is 6.36. The summed E-state index contributed by atoms with van der Waals surface area (Å²) in [6.07, 6.45) is 2.71. The Kier molecular flexibility index (Phi) is 4.00. The summed E-state index contributed by atoms with van der Waals surface area (Å²) < 4.78 is 6.33. The number of aromatic nitrogens is 1. The Labute approximate surface area is 112 Å². The summed E-state index contributed by atoms with van der Waals surface area (Å²) in [4.78, 5) is 21.0. The minimum atomic E-state index is 0.291. The second-order valence-electron chi connectivity index (χ2n) is 4.43. The lowest BCUT2D eigenvalue weighted by molar-refractivity contribution is -0.128. The highest BCUT2D eigenvalue weighted by molar-refractivity contribution is 6.09. The van der Waals surface area contributed by atoms with Crippen molar-refractivity contribution in [2.75, 3.05) is 6.61 Å². The van der Waals surface area contributed by atoms with Gasteiger partial charge in [0.25, 0.3) is 6.47 Å². The molecular weight excluding hydrogens is 242 g/mol. The van der Waals surface area contributed by atoms with E-state index in [1.54, 1.807) is 6.92 Å².